The number of allylic oxidation sites excluding steroid dienone is 1. The first-order valence-electron chi connectivity index (χ1n) is 1.47. The highest BCUT2D eigenvalue weighted by Crippen LogP contribution is 2.10. The van der Waals surface area contributed by atoms with E-state index in [4.69, 9.17) is 39.9 Å². The second-order valence-corrected chi connectivity index (χ2v) is 1.91. The molecule has 0 aromatic heterocycles. The number of rotatable bonds is 1. The minimum absolute atomic E-state index is 0.0525. The predicted octanol–water partition coefficient (Wildman–Crippen LogP) is 2.43. The van der Waals surface area contributed by atoms with Crippen molar-refractivity contribution in [3.05, 3.63) is 10.3 Å². The van der Waals surface area contributed by atoms with E-state index in [2.05, 4.69) is 0 Å². The van der Waals surface area contributed by atoms with Crippen molar-refractivity contribution in [3.8, 4) is 0 Å². The van der Waals surface area contributed by atoms with Gasteiger partial charge in [-0.05, 0) is 11.6 Å². The standard InChI is InChI=1S/C3H3Cl3O/c4-1-2(5)3(6)7/h7H,1H2. The van der Waals surface area contributed by atoms with E-state index in [0.29, 0.717) is 0 Å². The first-order valence-corrected chi connectivity index (χ1v) is 2.76. The number of hydrogen-bond acceptors (Lipinski definition) is 1. The molecule has 0 rings (SSSR count). The summed E-state index contributed by atoms with van der Waals surface area (Å²) < 4.78 is 0. The van der Waals surface area contributed by atoms with Gasteiger partial charge in [-0.1, -0.05) is 11.6 Å². The Kier molecular flexibility index (Phi) is 3.62. The van der Waals surface area contributed by atoms with Gasteiger partial charge in [0.2, 0.25) is 5.22 Å². The van der Waals surface area contributed by atoms with Gasteiger partial charge in [0.1, 0.15) is 0 Å². The van der Waals surface area contributed by atoms with Crippen LogP contribution in [0.15, 0.2) is 10.3 Å². The number of halogens is 3. The van der Waals surface area contributed by atoms with Crippen LogP contribution in [-0.2, 0) is 0 Å². The molecule has 1 N–H and O–H groups in total. The molecular formula is C3H3Cl3O. The smallest absolute Gasteiger partial charge is 0.200 e. The second kappa shape index (κ2) is 3.42. The van der Waals surface area contributed by atoms with Gasteiger partial charge < -0.3 is 5.11 Å². The Balaban J connectivity index is 3.72. The highest BCUT2D eigenvalue weighted by molar-refractivity contribution is 6.41. The normalized spacial score (nSPS) is 13.6. The maximum Gasteiger partial charge on any atom is 0.200 e. The zero-order valence-corrected chi connectivity index (χ0v) is 5.56. The van der Waals surface area contributed by atoms with Crippen LogP contribution in [0.5, 0.6) is 0 Å². The van der Waals surface area contributed by atoms with Gasteiger partial charge in [-0.2, -0.15) is 0 Å². The van der Waals surface area contributed by atoms with Crippen LogP contribution in [-0.4, -0.2) is 11.0 Å². The van der Waals surface area contributed by atoms with E-state index < -0.39 is 5.22 Å². The summed E-state index contributed by atoms with van der Waals surface area (Å²) in [5, 5.41) is 7.89. The minimum atomic E-state index is -0.434. The van der Waals surface area contributed by atoms with E-state index in [1.165, 1.54) is 0 Å². The van der Waals surface area contributed by atoms with Crippen LogP contribution in [0.2, 0.25) is 0 Å². The summed E-state index contributed by atoms with van der Waals surface area (Å²) >= 11 is 15.2. The van der Waals surface area contributed by atoms with Crippen LogP contribution in [0.4, 0.5) is 0 Å². The third-order valence-corrected chi connectivity index (χ3v) is 1.38. The summed E-state index contributed by atoms with van der Waals surface area (Å²) in [4.78, 5) is 0. The van der Waals surface area contributed by atoms with Crippen LogP contribution in [0.25, 0.3) is 0 Å². The Morgan fingerprint density at radius 3 is 1.86 bits per heavy atom. The molecule has 0 saturated carbocycles. The van der Waals surface area contributed by atoms with Crippen LogP contribution >= 0.6 is 34.8 Å². The number of aliphatic hydroxyl groups is 1. The molecular weight excluding hydrogens is 158 g/mol. The lowest BCUT2D eigenvalue weighted by molar-refractivity contribution is 0.450. The summed E-state index contributed by atoms with van der Waals surface area (Å²) in [6.07, 6.45) is 0. The van der Waals surface area contributed by atoms with Crippen molar-refractivity contribution in [3.63, 3.8) is 0 Å². The van der Waals surface area contributed by atoms with E-state index >= 15 is 0 Å². The first-order chi connectivity index (χ1) is 3.18. The molecule has 0 aliphatic rings. The third kappa shape index (κ3) is 3.03. The summed E-state index contributed by atoms with van der Waals surface area (Å²) in [7, 11) is 0. The molecule has 0 atom stereocenters. The van der Waals surface area contributed by atoms with E-state index in [9.17, 15) is 0 Å². The van der Waals surface area contributed by atoms with Gasteiger partial charge in [0.25, 0.3) is 0 Å². The second-order valence-electron chi connectivity index (χ2n) is 0.829. The van der Waals surface area contributed by atoms with E-state index in [1.807, 2.05) is 0 Å². The van der Waals surface area contributed by atoms with Gasteiger partial charge in [-0.25, -0.2) is 0 Å². The molecule has 0 radical (unpaired) electrons. The topological polar surface area (TPSA) is 20.2 Å². The molecule has 0 aliphatic heterocycles. The largest absolute Gasteiger partial charge is 0.498 e. The quantitative estimate of drug-likeness (QED) is 0.463. The average molecular weight is 161 g/mol. The molecule has 0 aromatic rings. The minimum Gasteiger partial charge on any atom is -0.498 e. The number of aliphatic hydroxyl groups excluding tert-OH is 1. The molecule has 0 aliphatic carbocycles. The zero-order valence-electron chi connectivity index (χ0n) is 3.29. The zero-order chi connectivity index (χ0) is 5.86. The Labute approximate surface area is 56.5 Å². The molecule has 0 aromatic carbocycles. The number of hydrogen-bond donors (Lipinski definition) is 1. The molecule has 42 valence electrons. The van der Waals surface area contributed by atoms with Gasteiger partial charge in [0.15, 0.2) is 0 Å². The lowest BCUT2D eigenvalue weighted by atomic mass is 10.7. The molecule has 0 saturated heterocycles. The molecule has 7 heavy (non-hydrogen) atoms. The summed E-state index contributed by atoms with van der Waals surface area (Å²) in [5.74, 6) is 0.0525. The van der Waals surface area contributed by atoms with Gasteiger partial charge in [0, 0.05) is 0 Å². The Hall–Kier alpha value is 0.410. The van der Waals surface area contributed by atoms with Crippen molar-refractivity contribution in [1.29, 1.82) is 0 Å². The van der Waals surface area contributed by atoms with E-state index in [0.717, 1.165) is 0 Å². The number of alkyl halides is 1. The molecule has 0 bridgehead atoms. The highest BCUT2D eigenvalue weighted by atomic mass is 35.5. The van der Waals surface area contributed by atoms with E-state index in [1.54, 1.807) is 0 Å². The van der Waals surface area contributed by atoms with Crippen LogP contribution in [0.3, 0.4) is 0 Å². The van der Waals surface area contributed by atoms with Crippen LogP contribution < -0.4 is 0 Å². The first kappa shape index (κ1) is 7.41. The molecule has 0 spiro atoms. The Morgan fingerprint density at radius 2 is 1.86 bits per heavy atom. The lowest BCUT2D eigenvalue weighted by Crippen LogP contribution is -1.75. The fraction of sp³-hybridized carbons (Fsp3) is 0.333. The van der Waals surface area contributed by atoms with Crippen molar-refractivity contribution in [1.82, 2.24) is 0 Å². The molecule has 0 heterocycles. The monoisotopic (exact) mass is 160 g/mol. The predicted molar refractivity (Wildman–Crippen MR) is 32.1 cm³/mol. The van der Waals surface area contributed by atoms with E-state index in [-0.39, 0.29) is 10.9 Å². The molecule has 0 amide bonds. The van der Waals surface area contributed by atoms with Crippen LogP contribution in [0, 0.1) is 0 Å². The van der Waals surface area contributed by atoms with Crippen molar-refractivity contribution in [2.45, 2.75) is 0 Å². The lowest BCUT2D eigenvalue weighted by Gasteiger charge is -1.86. The maximum absolute atomic E-state index is 8.25. The average Bonchev–Trinajstić information content (AvgIpc) is 1.65. The van der Waals surface area contributed by atoms with Gasteiger partial charge in [0.05, 0.1) is 10.9 Å². The van der Waals surface area contributed by atoms with Crippen molar-refractivity contribution >= 4 is 34.8 Å². The van der Waals surface area contributed by atoms with Gasteiger partial charge >= 0.3 is 0 Å². The summed E-state index contributed by atoms with van der Waals surface area (Å²) in [6.45, 7) is 0. The molecule has 4 heteroatoms. The third-order valence-electron chi connectivity index (χ3n) is 0.341. The molecule has 1 nitrogen and oxygen atoms in total. The van der Waals surface area contributed by atoms with Crippen molar-refractivity contribution < 1.29 is 5.11 Å². The molecule has 0 unspecified atom stereocenters. The van der Waals surface area contributed by atoms with Gasteiger partial charge in [-0.3, -0.25) is 0 Å². The van der Waals surface area contributed by atoms with Gasteiger partial charge in [-0.15, -0.1) is 11.6 Å². The Bertz CT molecular complexity index is 84.2. The fourth-order valence-electron chi connectivity index (χ4n) is 0.0551. The summed E-state index contributed by atoms with van der Waals surface area (Å²) in [6, 6.07) is 0. The van der Waals surface area contributed by atoms with Crippen LogP contribution in [0.1, 0.15) is 0 Å². The maximum atomic E-state index is 8.25. The van der Waals surface area contributed by atoms with Crippen molar-refractivity contribution in [2.75, 3.05) is 5.88 Å². The Morgan fingerprint density at radius 1 is 1.43 bits per heavy atom. The highest BCUT2D eigenvalue weighted by Gasteiger charge is 1.93. The van der Waals surface area contributed by atoms with Crippen molar-refractivity contribution in [2.24, 2.45) is 0 Å². The fourth-order valence-corrected chi connectivity index (χ4v) is 0.317. The molecule has 0 fully saturated rings. The SMILES string of the molecule is OC(Cl)=C(Cl)CCl. The summed E-state index contributed by atoms with van der Waals surface area (Å²) in [5.41, 5.74) is 0.